The van der Waals surface area contributed by atoms with Gasteiger partial charge >= 0.3 is 6.09 Å². The van der Waals surface area contributed by atoms with Crippen LogP contribution in [0.4, 0.5) is 4.79 Å². The maximum Gasteiger partial charge on any atom is 0.410 e. The first-order chi connectivity index (χ1) is 15.3. The van der Waals surface area contributed by atoms with Crippen molar-refractivity contribution >= 4 is 6.09 Å². The van der Waals surface area contributed by atoms with Gasteiger partial charge in [0.05, 0.1) is 6.04 Å². The summed E-state index contributed by atoms with van der Waals surface area (Å²) in [5.74, 6) is 0.128. The molecule has 2 atom stereocenters. The molecule has 3 heteroatoms. The van der Waals surface area contributed by atoms with Gasteiger partial charge in [-0.2, -0.15) is 0 Å². The van der Waals surface area contributed by atoms with E-state index in [9.17, 15) is 4.79 Å². The first kappa shape index (κ1) is 20.4. The highest BCUT2D eigenvalue weighted by Gasteiger charge is 2.40. The van der Waals surface area contributed by atoms with Gasteiger partial charge in [0.25, 0.3) is 0 Å². The number of carbonyl (C=O) groups is 1. The van der Waals surface area contributed by atoms with Gasteiger partial charge in [0.1, 0.15) is 6.61 Å². The molecule has 3 nitrogen and oxygen atoms in total. The van der Waals surface area contributed by atoms with E-state index in [0.717, 1.165) is 19.3 Å². The predicted octanol–water partition coefficient (Wildman–Crippen LogP) is 7.07. The molecule has 1 amide bonds. The van der Waals surface area contributed by atoms with Crippen molar-refractivity contribution in [1.82, 2.24) is 4.90 Å². The number of ether oxygens (including phenoxy) is 1. The zero-order valence-electron chi connectivity index (χ0n) is 18.6. The Kier molecular flexibility index (Phi) is 5.85. The largest absolute Gasteiger partial charge is 0.448 e. The predicted molar refractivity (Wildman–Crippen MR) is 125 cm³/mol. The normalized spacial score (nSPS) is 21.6. The molecular weight excluding hydrogens is 382 g/mol. The lowest BCUT2D eigenvalue weighted by molar-refractivity contribution is 0.0848. The van der Waals surface area contributed by atoms with Crippen LogP contribution in [0.5, 0.6) is 0 Å². The Balaban J connectivity index is 1.24. The topological polar surface area (TPSA) is 29.5 Å². The molecule has 1 saturated heterocycles. The summed E-state index contributed by atoms with van der Waals surface area (Å²) in [6, 6.07) is 17.6. The fourth-order valence-electron chi connectivity index (χ4n) is 5.84. The second-order valence-corrected chi connectivity index (χ2v) is 9.35. The molecule has 2 bridgehead atoms. The summed E-state index contributed by atoms with van der Waals surface area (Å²) in [5.41, 5.74) is 6.65. The molecule has 1 fully saturated rings. The van der Waals surface area contributed by atoms with Crippen molar-refractivity contribution in [3.8, 4) is 11.1 Å². The molecule has 2 aromatic carbocycles. The maximum atomic E-state index is 13.1. The van der Waals surface area contributed by atoms with Crippen LogP contribution in [-0.4, -0.2) is 29.7 Å². The fourth-order valence-corrected chi connectivity index (χ4v) is 5.84. The lowest BCUT2D eigenvalue weighted by Gasteiger charge is -2.33. The maximum absolute atomic E-state index is 13.1. The molecule has 2 aromatic rings. The van der Waals surface area contributed by atoms with Gasteiger partial charge in [0, 0.05) is 12.0 Å². The first-order valence-electron chi connectivity index (χ1n) is 12.1. The number of rotatable bonds is 7. The molecule has 2 aliphatic heterocycles. The molecule has 0 spiro atoms. The van der Waals surface area contributed by atoms with E-state index >= 15 is 0 Å². The third-order valence-corrected chi connectivity index (χ3v) is 7.37. The van der Waals surface area contributed by atoms with Crippen LogP contribution >= 0.6 is 0 Å². The van der Waals surface area contributed by atoms with E-state index in [1.165, 1.54) is 54.4 Å². The summed E-state index contributed by atoms with van der Waals surface area (Å²) in [6.45, 7) is 2.67. The number of carbonyl (C=O) groups excluding carboxylic acids is 1. The van der Waals surface area contributed by atoms with Crippen LogP contribution < -0.4 is 0 Å². The summed E-state index contributed by atoms with van der Waals surface area (Å²) < 4.78 is 5.97. The Morgan fingerprint density at radius 2 is 1.68 bits per heavy atom. The number of benzene rings is 2. The molecule has 31 heavy (non-hydrogen) atoms. The van der Waals surface area contributed by atoms with Crippen LogP contribution in [0, 0.1) is 0 Å². The van der Waals surface area contributed by atoms with Crippen molar-refractivity contribution in [2.45, 2.75) is 76.3 Å². The highest BCUT2D eigenvalue weighted by atomic mass is 16.6. The SMILES string of the molecule is CCCCCCC1=CC2CCC(C1)N2C(=O)OCC1c2ccccc2-c2ccccc21. The Morgan fingerprint density at radius 1 is 0.968 bits per heavy atom. The second kappa shape index (κ2) is 8.90. The summed E-state index contributed by atoms with van der Waals surface area (Å²) in [6.07, 6.45) is 11.9. The smallest absolute Gasteiger partial charge is 0.410 e. The molecule has 162 valence electrons. The van der Waals surface area contributed by atoms with Crippen molar-refractivity contribution in [2.75, 3.05) is 6.61 Å². The number of amides is 1. The van der Waals surface area contributed by atoms with E-state index in [1.54, 1.807) is 5.57 Å². The summed E-state index contributed by atoms with van der Waals surface area (Å²) in [4.78, 5) is 15.2. The molecule has 2 heterocycles. The van der Waals surface area contributed by atoms with E-state index in [4.69, 9.17) is 4.74 Å². The number of unbranched alkanes of at least 4 members (excludes halogenated alkanes) is 3. The monoisotopic (exact) mass is 415 g/mol. The van der Waals surface area contributed by atoms with E-state index in [-0.39, 0.29) is 18.1 Å². The highest BCUT2D eigenvalue weighted by Crippen LogP contribution is 2.45. The minimum Gasteiger partial charge on any atom is -0.448 e. The highest BCUT2D eigenvalue weighted by molar-refractivity contribution is 5.79. The van der Waals surface area contributed by atoms with Gasteiger partial charge in [-0.25, -0.2) is 4.79 Å². The number of fused-ring (bicyclic) bond motifs is 5. The van der Waals surface area contributed by atoms with Crippen LogP contribution in [0.25, 0.3) is 11.1 Å². The molecule has 0 radical (unpaired) electrons. The number of hydrogen-bond acceptors (Lipinski definition) is 2. The third kappa shape index (κ3) is 3.91. The second-order valence-electron chi connectivity index (χ2n) is 9.35. The van der Waals surface area contributed by atoms with Crippen molar-refractivity contribution in [2.24, 2.45) is 0 Å². The van der Waals surface area contributed by atoms with Crippen LogP contribution in [0.1, 0.15) is 75.3 Å². The Bertz CT molecular complexity index is 933. The zero-order valence-corrected chi connectivity index (χ0v) is 18.6. The molecule has 0 aromatic heterocycles. The standard InChI is InChI=1S/C28H33NO2/c1-2-3-4-5-10-20-17-21-15-16-22(18-20)29(21)28(30)31-19-27-25-13-8-6-11-23(25)24-12-7-9-14-26(24)27/h6-9,11-14,17,21-22,27H,2-5,10,15-16,18-19H2,1H3. The zero-order chi connectivity index (χ0) is 21.2. The van der Waals surface area contributed by atoms with Crippen molar-refractivity contribution < 1.29 is 9.53 Å². The summed E-state index contributed by atoms with van der Waals surface area (Å²) in [7, 11) is 0. The van der Waals surface area contributed by atoms with Gasteiger partial charge in [0.2, 0.25) is 0 Å². The van der Waals surface area contributed by atoms with Gasteiger partial charge in [-0.05, 0) is 54.4 Å². The van der Waals surface area contributed by atoms with Gasteiger partial charge < -0.3 is 4.74 Å². The van der Waals surface area contributed by atoms with Crippen molar-refractivity contribution in [3.05, 3.63) is 71.3 Å². The summed E-state index contributed by atoms with van der Waals surface area (Å²) >= 11 is 0. The average Bonchev–Trinajstić information content (AvgIpc) is 3.26. The molecular formula is C28H33NO2. The van der Waals surface area contributed by atoms with Crippen molar-refractivity contribution in [1.29, 1.82) is 0 Å². The molecule has 0 saturated carbocycles. The van der Waals surface area contributed by atoms with Gasteiger partial charge in [-0.3, -0.25) is 4.90 Å². The molecule has 2 unspecified atom stereocenters. The van der Waals surface area contributed by atoms with E-state index in [1.807, 2.05) is 4.90 Å². The van der Waals surface area contributed by atoms with Crippen LogP contribution in [0.3, 0.4) is 0 Å². The van der Waals surface area contributed by atoms with Gasteiger partial charge in [-0.15, -0.1) is 0 Å². The van der Waals surface area contributed by atoms with Crippen LogP contribution in [-0.2, 0) is 4.74 Å². The van der Waals surface area contributed by atoms with Crippen LogP contribution in [0.15, 0.2) is 60.2 Å². The number of nitrogens with zero attached hydrogens (tertiary/aromatic N) is 1. The lowest BCUT2D eigenvalue weighted by Crippen LogP contribution is -2.43. The van der Waals surface area contributed by atoms with E-state index in [0.29, 0.717) is 12.6 Å². The minimum absolute atomic E-state index is 0.128. The Hall–Kier alpha value is -2.55. The lowest BCUT2D eigenvalue weighted by atomic mass is 9.96. The fraction of sp³-hybridized carbons (Fsp3) is 0.464. The average molecular weight is 416 g/mol. The van der Waals surface area contributed by atoms with Crippen molar-refractivity contribution in [3.63, 3.8) is 0 Å². The molecule has 5 rings (SSSR count). The van der Waals surface area contributed by atoms with Gasteiger partial charge in [0.15, 0.2) is 0 Å². The molecule has 1 aliphatic carbocycles. The first-order valence-corrected chi connectivity index (χ1v) is 12.1. The Labute approximate surface area is 186 Å². The van der Waals surface area contributed by atoms with E-state index < -0.39 is 0 Å². The Morgan fingerprint density at radius 3 is 2.35 bits per heavy atom. The summed E-state index contributed by atoms with van der Waals surface area (Å²) in [5, 5.41) is 0. The molecule has 0 N–H and O–H groups in total. The third-order valence-electron chi connectivity index (χ3n) is 7.37. The van der Waals surface area contributed by atoms with E-state index in [2.05, 4.69) is 61.5 Å². The van der Waals surface area contributed by atoms with Crippen LogP contribution in [0.2, 0.25) is 0 Å². The molecule has 3 aliphatic rings. The minimum atomic E-state index is -0.129. The number of hydrogen-bond donors (Lipinski definition) is 0. The van der Waals surface area contributed by atoms with Gasteiger partial charge in [-0.1, -0.05) is 86.4 Å². The quantitative estimate of drug-likeness (QED) is 0.357.